The predicted molar refractivity (Wildman–Crippen MR) is 147 cm³/mol. The molecule has 0 radical (unpaired) electrons. The minimum atomic E-state index is -2.10. The van der Waals surface area contributed by atoms with Gasteiger partial charge in [0.2, 0.25) is 11.5 Å². The molecular formula is C31H36O14. The lowest BCUT2D eigenvalue weighted by molar-refractivity contribution is -0.354. The average molecular weight is 633 g/mol. The van der Waals surface area contributed by atoms with E-state index >= 15 is 0 Å². The molecule has 14 nitrogen and oxygen atoms in total. The summed E-state index contributed by atoms with van der Waals surface area (Å²) in [5.74, 6) is -5.19. The maximum atomic E-state index is 13.5. The van der Waals surface area contributed by atoms with Gasteiger partial charge in [-0.2, -0.15) is 0 Å². The van der Waals surface area contributed by atoms with Gasteiger partial charge >= 0.3 is 29.8 Å². The molecule has 1 aliphatic heterocycles. The number of fused-ring (bicyclic) bond motifs is 1. The molecule has 2 unspecified atom stereocenters. The molecule has 3 fully saturated rings. The van der Waals surface area contributed by atoms with Gasteiger partial charge in [-0.1, -0.05) is 0 Å². The first-order chi connectivity index (χ1) is 21.1. The topological polar surface area (TPSA) is 187 Å². The van der Waals surface area contributed by atoms with Gasteiger partial charge in [-0.3, -0.25) is 14.4 Å². The number of carbonyl (C=O) groups is 5. The Kier molecular flexibility index (Phi) is 8.11. The van der Waals surface area contributed by atoms with Crippen LogP contribution in [0.5, 0.6) is 0 Å². The minimum absolute atomic E-state index is 0.0980. The Balaban J connectivity index is 1.79. The monoisotopic (exact) mass is 632 g/mol. The molecule has 45 heavy (non-hydrogen) atoms. The van der Waals surface area contributed by atoms with Gasteiger partial charge in [0, 0.05) is 33.1 Å². The third kappa shape index (κ3) is 5.19. The van der Waals surface area contributed by atoms with Gasteiger partial charge in [-0.05, 0) is 51.5 Å². The molecular weight excluding hydrogens is 596 g/mol. The van der Waals surface area contributed by atoms with Gasteiger partial charge in [0.1, 0.15) is 30.3 Å². The first-order valence-electron chi connectivity index (χ1n) is 14.4. The first kappa shape index (κ1) is 32.2. The van der Waals surface area contributed by atoms with Crippen LogP contribution in [-0.2, 0) is 42.8 Å². The molecule has 2 aromatic heterocycles. The van der Waals surface area contributed by atoms with Crippen LogP contribution in [0.1, 0.15) is 75.5 Å². The number of carbonyl (C=O) groups excluding carboxylic acids is 5. The number of furan rings is 2. The fourth-order valence-electron chi connectivity index (χ4n) is 7.59. The summed E-state index contributed by atoms with van der Waals surface area (Å²) in [7, 11) is 0. The maximum Gasteiger partial charge on any atom is 0.374 e. The van der Waals surface area contributed by atoms with Crippen LogP contribution in [0.2, 0.25) is 0 Å². The van der Waals surface area contributed by atoms with E-state index in [1.54, 1.807) is 13.8 Å². The van der Waals surface area contributed by atoms with E-state index in [0.29, 0.717) is 0 Å². The average Bonchev–Trinajstić information content (AvgIpc) is 3.68. The van der Waals surface area contributed by atoms with Crippen molar-refractivity contribution in [1.29, 1.82) is 0 Å². The van der Waals surface area contributed by atoms with Crippen molar-refractivity contribution < 1.29 is 66.3 Å². The molecule has 244 valence electrons. The quantitative estimate of drug-likeness (QED) is 0.330. The highest BCUT2D eigenvalue weighted by Gasteiger charge is 2.86. The number of rotatable bonds is 8. The van der Waals surface area contributed by atoms with Gasteiger partial charge in [0.05, 0.1) is 23.7 Å². The number of ether oxygens (including phenoxy) is 6. The fourth-order valence-corrected chi connectivity index (χ4v) is 7.59. The number of esters is 5. The van der Waals surface area contributed by atoms with Gasteiger partial charge in [0.15, 0.2) is 11.7 Å². The Morgan fingerprint density at radius 3 is 1.91 bits per heavy atom. The van der Waals surface area contributed by atoms with Crippen LogP contribution in [0.25, 0.3) is 0 Å². The zero-order valence-electron chi connectivity index (χ0n) is 25.7. The van der Waals surface area contributed by atoms with Crippen LogP contribution in [-0.4, -0.2) is 82.8 Å². The summed E-state index contributed by atoms with van der Waals surface area (Å²) in [6.45, 7) is 7.52. The van der Waals surface area contributed by atoms with Crippen molar-refractivity contribution in [3.8, 4) is 0 Å². The standard InChI is InChI=1S/C31H36O14/c1-16(32)40-15-30-23(43-26(35)20-9-7-11-38-20)13-19-24(44-27(36)21-10-8-12-39-21)31(30,45-28(19,4)5)29(6,37)14-22(41-17(2)33)25(30)42-18(3)34/h7-12,19,22-25,37H,13-15H2,1-6H3/t19?,22-,23-,24+,25-,29?,30+,31-/m0/s1. The zero-order chi connectivity index (χ0) is 32.9. The summed E-state index contributed by atoms with van der Waals surface area (Å²) < 4.78 is 46.6. The van der Waals surface area contributed by atoms with Crippen molar-refractivity contribution in [2.75, 3.05) is 6.61 Å². The SMILES string of the molecule is CC(=O)OC[C@]12[C@@H](OC(=O)c3ccco3)CC3[C@@H](OC(=O)c4ccco4)[C@]1(OC3(C)C)C(C)(O)C[C@H](OC(C)=O)[C@@H]2OC(C)=O. The minimum Gasteiger partial charge on any atom is -0.465 e. The van der Waals surface area contributed by atoms with Gasteiger partial charge in [0.25, 0.3) is 0 Å². The molecule has 2 aromatic rings. The van der Waals surface area contributed by atoms with E-state index in [4.69, 9.17) is 37.3 Å². The molecule has 8 atom stereocenters. The van der Waals surface area contributed by atoms with E-state index in [-0.39, 0.29) is 24.4 Å². The second-order valence-electron chi connectivity index (χ2n) is 12.4. The van der Waals surface area contributed by atoms with E-state index in [9.17, 15) is 29.1 Å². The molecule has 2 saturated carbocycles. The van der Waals surface area contributed by atoms with E-state index in [2.05, 4.69) is 0 Å². The second kappa shape index (κ2) is 11.3. The lowest BCUT2D eigenvalue weighted by Crippen LogP contribution is -2.83. The number of aliphatic hydroxyl groups is 1. The summed E-state index contributed by atoms with van der Waals surface area (Å²) in [4.78, 5) is 64.4. The van der Waals surface area contributed by atoms with E-state index < -0.39 is 89.0 Å². The number of hydrogen-bond donors (Lipinski definition) is 1. The van der Waals surface area contributed by atoms with Crippen molar-refractivity contribution in [1.82, 2.24) is 0 Å². The molecule has 2 bridgehead atoms. The molecule has 2 aliphatic carbocycles. The first-order valence-corrected chi connectivity index (χ1v) is 14.4. The molecule has 3 aliphatic rings. The number of hydrogen-bond acceptors (Lipinski definition) is 14. The maximum absolute atomic E-state index is 13.5. The van der Waals surface area contributed by atoms with E-state index in [1.165, 1.54) is 43.7 Å². The van der Waals surface area contributed by atoms with Crippen molar-refractivity contribution in [2.24, 2.45) is 11.3 Å². The molecule has 14 heteroatoms. The van der Waals surface area contributed by atoms with Crippen LogP contribution in [0, 0.1) is 11.3 Å². The fraction of sp³-hybridized carbons (Fsp3) is 0.581. The Bertz CT molecular complexity index is 1460. The van der Waals surface area contributed by atoms with Gasteiger partial charge < -0.3 is 42.4 Å². The Labute approximate surface area is 258 Å². The third-order valence-corrected chi connectivity index (χ3v) is 9.11. The molecule has 0 aromatic carbocycles. The smallest absolute Gasteiger partial charge is 0.374 e. The van der Waals surface area contributed by atoms with Crippen molar-refractivity contribution in [2.45, 2.75) is 95.6 Å². The molecule has 3 heterocycles. The summed E-state index contributed by atoms with van der Waals surface area (Å²) in [5, 5.41) is 12.5. The summed E-state index contributed by atoms with van der Waals surface area (Å²) in [5.41, 5.74) is -7.39. The lowest BCUT2D eigenvalue weighted by Gasteiger charge is -2.65. The van der Waals surface area contributed by atoms with Crippen LogP contribution in [0.15, 0.2) is 45.6 Å². The normalized spacial score (nSPS) is 34.6. The summed E-state index contributed by atoms with van der Waals surface area (Å²) >= 11 is 0. The second-order valence-corrected chi connectivity index (χ2v) is 12.4. The summed E-state index contributed by atoms with van der Waals surface area (Å²) in [6.07, 6.45) is -3.47. The largest absolute Gasteiger partial charge is 0.465 e. The highest BCUT2D eigenvalue weighted by Crippen LogP contribution is 2.69. The van der Waals surface area contributed by atoms with Crippen LogP contribution >= 0.6 is 0 Å². The highest BCUT2D eigenvalue weighted by molar-refractivity contribution is 5.87. The van der Waals surface area contributed by atoms with Crippen molar-refractivity contribution in [3.05, 3.63) is 48.3 Å². The molecule has 1 saturated heterocycles. The van der Waals surface area contributed by atoms with Crippen molar-refractivity contribution >= 4 is 29.8 Å². The Morgan fingerprint density at radius 2 is 1.40 bits per heavy atom. The molecule has 0 amide bonds. The zero-order valence-corrected chi connectivity index (χ0v) is 25.7. The Morgan fingerprint density at radius 1 is 0.822 bits per heavy atom. The van der Waals surface area contributed by atoms with Crippen molar-refractivity contribution in [3.63, 3.8) is 0 Å². The van der Waals surface area contributed by atoms with Gasteiger partial charge in [-0.25, -0.2) is 9.59 Å². The lowest BCUT2D eigenvalue weighted by atomic mass is 9.46. The van der Waals surface area contributed by atoms with Gasteiger partial charge in [-0.15, -0.1) is 0 Å². The van der Waals surface area contributed by atoms with Crippen LogP contribution < -0.4 is 0 Å². The summed E-state index contributed by atoms with van der Waals surface area (Å²) in [6, 6.07) is 5.76. The van der Waals surface area contributed by atoms with Crippen LogP contribution in [0.4, 0.5) is 0 Å². The molecule has 1 N–H and O–H groups in total. The Hall–Kier alpha value is -4.17. The van der Waals surface area contributed by atoms with E-state index in [0.717, 1.165) is 20.8 Å². The van der Waals surface area contributed by atoms with E-state index in [1.807, 2.05) is 0 Å². The van der Waals surface area contributed by atoms with Crippen LogP contribution in [0.3, 0.4) is 0 Å². The highest BCUT2D eigenvalue weighted by atomic mass is 16.6. The molecule has 1 spiro atoms. The predicted octanol–water partition coefficient (Wildman–Crippen LogP) is 2.76. The molecule has 5 rings (SSSR count). The third-order valence-electron chi connectivity index (χ3n) is 9.11.